The molecule has 1 fully saturated rings. The molecule has 2 N–H and O–H groups in total. The van der Waals surface area contributed by atoms with Gasteiger partial charge in [-0.2, -0.15) is 0 Å². The summed E-state index contributed by atoms with van der Waals surface area (Å²) in [6, 6.07) is -0.172. The molecule has 0 aromatic carbocycles. The number of nitrogens with zero attached hydrogens (tertiary/aromatic N) is 1. The molecule has 0 radical (unpaired) electrons. The minimum atomic E-state index is -1.18. The summed E-state index contributed by atoms with van der Waals surface area (Å²) in [4.78, 5) is 24.7. The van der Waals surface area contributed by atoms with Crippen molar-refractivity contribution in [3.05, 3.63) is 0 Å². The van der Waals surface area contributed by atoms with Gasteiger partial charge in [0.05, 0.1) is 0 Å². The average Bonchev–Trinajstić information content (AvgIpc) is 2.14. The van der Waals surface area contributed by atoms with Crippen molar-refractivity contribution in [3.63, 3.8) is 0 Å². The lowest BCUT2D eigenvalue weighted by Gasteiger charge is -2.37. The molecule has 0 aliphatic heterocycles. The SMILES string of the molecule is CCN(C(=O)NC(C)C1CCC1)C(C)(C)C(=O)O. The van der Waals surface area contributed by atoms with Gasteiger partial charge in [-0.3, -0.25) is 0 Å². The van der Waals surface area contributed by atoms with Crippen molar-refractivity contribution in [2.75, 3.05) is 6.54 Å². The van der Waals surface area contributed by atoms with Crippen LogP contribution in [0.5, 0.6) is 0 Å². The Morgan fingerprint density at radius 2 is 2.00 bits per heavy atom. The van der Waals surface area contributed by atoms with E-state index in [0.717, 1.165) is 12.8 Å². The van der Waals surface area contributed by atoms with Gasteiger partial charge in [0, 0.05) is 12.6 Å². The van der Waals surface area contributed by atoms with E-state index in [9.17, 15) is 14.7 Å². The molecule has 0 spiro atoms. The fraction of sp³-hybridized carbons (Fsp3) is 0.846. The number of hydrogen-bond donors (Lipinski definition) is 2. The van der Waals surface area contributed by atoms with Crippen LogP contribution < -0.4 is 5.32 Å². The summed E-state index contributed by atoms with van der Waals surface area (Å²) >= 11 is 0. The third-order valence-electron chi connectivity index (χ3n) is 3.97. The lowest BCUT2D eigenvalue weighted by atomic mass is 9.80. The third kappa shape index (κ3) is 2.94. The molecule has 104 valence electrons. The highest BCUT2D eigenvalue weighted by Crippen LogP contribution is 2.29. The summed E-state index contributed by atoms with van der Waals surface area (Å²) in [5.41, 5.74) is -1.18. The van der Waals surface area contributed by atoms with E-state index in [1.807, 2.05) is 6.92 Å². The number of carbonyl (C=O) groups excluding carboxylic acids is 1. The van der Waals surface area contributed by atoms with Crippen molar-refractivity contribution < 1.29 is 14.7 Å². The van der Waals surface area contributed by atoms with Gasteiger partial charge in [-0.05, 0) is 46.5 Å². The highest BCUT2D eigenvalue weighted by Gasteiger charge is 2.38. The van der Waals surface area contributed by atoms with Crippen molar-refractivity contribution in [1.29, 1.82) is 0 Å². The molecule has 1 saturated carbocycles. The maximum absolute atomic E-state index is 12.1. The van der Waals surface area contributed by atoms with Gasteiger partial charge in [-0.25, -0.2) is 9.59 Å². The van der Waals surface area contributed by atoms with Crippen molar-refractivity contribution in [2.45, 2.75) is 58.5 Å². The summed E-state index contributed by atoms with van der Waals surface area (Å²) in [6.45, 7) is 7.25. The first-order chi connectivity index (χ1) is 8.30. The summed E-state index contributed by atoms with van der Waals surface area (Å²) in [5.74, 6) is -0.448. The largest absolute Gasteiger partial charge is 0.480 e. The number of nitrogens with one attached hydrogen (secondary N) is 1. The molecule has 2 amide bonds. The minimum absolute atomic E-state index is 0.116. The Kier molecular flexibility index (Phi) is 4.59. The van der Waals surface area contributed by atoms with Gasteiger partial charge in [0.2, 0.25) is 0 Å². The van der Waals surface area contributed by atoms with Crippen molar-refractivity contribution in [2.24, 2.45) is 5.92 Å². The summed E-state index contributed by atoms with van der Waals surface area (Å²) in [6.07, 6.45) is 3.52. The van der Waals surface area contributed by atoms with E-state index < -0.39 is 11.5 Å². The molecular formula is C13H24N2O3. The van der Waals surface area contributed by atoms with Crippen molar-refractivity contribution in [1.82, 2.24) is 10.2 Å². The van der Waals surface area contributed by atoms with E-state index >= 15 is 0 Å². The smallest absolute Gasteiger partial charge is 0.329 e. The standard InChI is InChI=1S/C13H24N2O3/c1-5-15(13(3,4)11(16)17)12(18)14-9(2)10-7-6-8-10/h9-10H,5-8H2,1-4H3,(H,14,18)(H,16,17). The second kappa shape index (κ2) is 5.59. The molecule has 0 aromatic heterocycles. The molecule has 1 atom stereocenters. The number of rotatable bonds is 5. The normalized spacial score (nSPS) is 17.8. The molecule has 0 bridgehead atoms. The Morgan fingerprint density at radius 1 is 1.44 bits per heavy atom. The van der Waals surface area contributed by atoms with Gasteiger partial charge in [0.15, 0.2) is 0 Å². The third-order valence-corrected chi connectivity index (χ3v) is 3.97. The fourth-order valence-corrected chi connectivity index (χ4v) is 2.24. The first kappa shape index (κ1) is 14.8. The lowest BCUT2D eigenvalue weighted by molar-refractivity contribution is -0.147. The van der Waals surface area contributed by atoms with Crippen LogP contribution in [0.25, 0.3) is 0 Å². The monoisotopic (exact) mass is 256 g/mol. The lowest BCUT2D eigenvalue weighted by Crippen LogP contribution is -2.58. The zero-order chi connectivity index (χ0) is 13.9. The molecule has 1 aliphatic carbocycles. The number of carboxylic acids is 1. The molecule has 5 heteroatoms. The Bertz CT molecular complexity index is 324. The highest BCUT2D eigenvalue weighted by atomic mass is 16.4. The topological polar surface area (TPSA) is 69.6 Å². The first-order valence-corrected chi connectivity index (χ1v) is 6.62. The van der Waals surface area contributed by atoms with Crippen LogP contribution in [-0.4, -0.2) is 40.1 Å². The minimum Gasteiger partial charge on any atom is -0.480 e. The number of urea groups is 1. The van der Waals surface area contributed by atoms with Crippen molar-refractivity contribution in [3.8, 4) is 0 Å². The van der Waals surface area contributed by atoms with Gasteiger partial charge in [-0.1, -0.05) is 6.42 Å². The predicted molar refractivity (Wildman–Crippen MR) is 69.4 cm³/mol. The van der Waals surface area contributed by atoms with Crippen LogP contribution >= 0.6 is 0 Å². The van der Waals surface area contributed by atoms with Crippen LogP contribution in [0, 0.1) is 5.92 Å². The molecule has 0 heterocycles. The van der Waals surface area contributed by atoms with Crippen LogP contribution in [-0.2, 0) is 4.79 Å². The Hall–Kier alpha value is -1.26. The first-order valence-electron chi connectivity index (χ1n) is 6.62. The van der Waals surface area contributed by atoms with Crippen LogP contribution in [0.3, 0.4) is 0 Å². The second-order valence-electron chi connectivity index (χ2n) is 5.54. The number of carbonyl (C=O) groups is 2. The van der Waals surface area contributed by atoms with Gasteiger partial charge >= 0.3 is 12.0 Å². The summed E-state index contributed by atoms with van der Waals surface area (Å²) in [7, 11) is 0. The molecule has 0 saturated heterocycles. The molecule has 5 nitrogen and oxygen atoms in total. The van der Waals surface area contributed by atoms with Gasteiger partial charge in [-0.15, -0.1) is 0 Å². The van der Waals surface area contributed by atoms with E-state index in [1.165, 1.54) is 11.3 Å². The van der Waals surface area contributed by atoms with Crippen LogP contribution in [0.1, 0.15) is 47.0 Å². The number of aliphatic carboxylic acids is 1. The van der Waals surface area contributed by atoms with Crippen LogP contribution in [0.2, 0.25) is 0 Å². The quantitative estimate of drug-likeness (QED) is 0.791. The number of hydrogen-bond acceptors (Lipinski definition) is 2. The summed E-state index contributed by atoms with van der Waals surface area (Å²) in [5, 5.41) is 12.1. The van der Waals surface area contributed by atoms with Gasteiger partial charge in [0.1, 0.15) is 5.54 Å². The maximum atomic E-state index is 12.1. The molecule has 1 unspecified atom stereocenters. The average molecular weight is 256 g/mol. The number of carboxylic acid groups (broad SMARTS) is 1. The van der Waals surface area contributed by atoms with E-state index in [1.54, 1.807) is 20.8 Å². The summed E-state index contributed by atoms with van der Waals surface area (Å²) < 4.78 is 0. The Balaban J connectivity index is 2.64. The Labute approximate surface area is 109 Å². The van der Waals surface area contributed by atoms with Crippen LogP contribution in [0.15, 0.2) is 0 Å². The Morgan fingerprint density at radius 3 is 2.33 bits per heavy atom. The highest BCUT2D eigenvalue weighted by molar-refractivity contribution is 5.85. The van der Waals surface area contributed by atoms with E-state index in [2.05, 4.69) is 5.32 Å². The molecule has 0 aromatic rings. The fourth-order valence-electron chi connectivity index (χ4n) is 2.24. The van der Waals surface area contributed by atoms with Crippen LogP contribution in [0.4, 0.5) is 4.79 Å². The molecule has 1 rings (SSSR count). The van der Waals surface area contributed by atoms with E-state index in [-0.39, 0.29) is 12.1 Å². The van der Waals surface area contributed by atoms with E-state index in [4.69, 9.17) is 0 Å². The molecular weight excluding hydrogens is 232 g/mol. The van der Waals surface area contributed by atoms with Crippen molar-refractivity contribution >= 4 is 12.0 Å². The maximum Gasteiger partial charge on any atom is 0.329 e. The van der Waals surface area contributed by atoms with E-state index in [0.29, 0.717) is 12.5 Å². The molecule has 18 heavy (non-hydrogen) atoms. The zero-order valence-electron chi connectivity index (χ0n) is 11.7. The zero-order valence-corrected chi connectivity index (χ0v) is 11.7. The second-order valence-corrected chi connectivity index (χ2v) is 5.54. The number of likely N-dealkylation sites (N-methyl/N-ethyl adjacent to an activating group) is 1. The predicted octanol–water partition coefficient (Wildman–Crippen LogP) is 2.07. The van der Waals surface area contributed by atoms with Gasteiger partial charge in [0.25, 0.3) is 0 Å². The molecule has 1 aliphatic rings. The van der Waals surface area contributed by atoms with Gasteiger partial charge < -0.3 is 15.3 Å². The number of amides is 2.